The minimum Gasteiger partial charge on any atom is -0.480 e. The number of amides is 1. The highest BCUT2D eigenvalue weighted by Gasteiger charge is 2.03. The van der Waals surface area contributed by atoms with E-state index in [4.69, 9.17) is 66.7 Å². The van der Waals surface area contributed by atoms with Crippen LogP contribution in [0.3, 0.4) is 0 Å². The second kappa shape index (κ2) is 44.3. The minimum atomic E-state index is -1.13. The first-order chi connectivity index (χ1) is 25.2. The molecule has 51 heavy (non-hydrogen) atoms. The van der Waals surface area contributed by atoms with Crippen LogP contribution in [0.15, 0.2) is 12.7 Å². The lowest BCUT2D eigenvalue weighted by Gasteiger charge is -2.09. The Kier molecular flexibility index (Phi) is 42.6. The Balaban J connectivity index is 3.09. The third-order valence-corrected chi connectivity index (χ3v) is 5.73. The Morgan fingerprint density at radius 3 is 0.902 bits per heavy atom. The molecule has 0 aromatic carbocycles. The SMILES string of the molecule is C=CCOCCOCCOCCOCCOCCOCCOCCOCCOCCOCCOCCOCCOCCNC(=O)COCC(=O)O. The predicted octanol–water partition coefficient (Wildman–Crippen LogP) is -0.394. The molecule has 0 atom stereocenters. The Labute approximate surface area is 302 Å². The van der Waals surface area contributed by atoms with Gasteiger partial charge < -0.3 is 76.7 Å². The number of carboxylic acid groups (broad SMARTS) is 1. The third kappa shape index (κ3) is 46.1. The van der Waals surface area contributed by atoms with Crippen LogP contribution < -0.4 is 5.32 Å². The van der Waals surface area contributed by atoms with Crippen molar-refractivity contribution >= 4 is 11.9 Å². The van der Waals surface area contributed by atoms with Crippen molar-refractivity contribution in [3.8, 4) is 0 Å². The molecule has 0 aliphatic carbocycles. The first-order valence-electron chi connectivity index (χ1n) is 17.3. The maximum absolute atomic E-state index is 11.4. The van der Waals surface area contributed by atoms with E-state index in [1.54, 1.807) is 6.08 Å². The van der Waals surface area contributed by atoms with E-state index >= 15 is 0 Å². The highest BCUT2D eigenvalue weighted by molar-refractivity contribution is 5.77. The van der Waals surface area contributed by atoms with Gasteiger partial charge in [0.2, 0.25) is 5.91 Å². The summed E-state index contributed by atoms with van der Waals surface area (Å²) in [7, 11) is 0. The lowest BCUT2D eigenvalue weighted by molar-refractivity contribution is -0.143. The van der Waals surface area contributed by atoms with Crippen molar-refractivity contribution in [1.82, 2.24) is 5.32 Å². The molecular formula is C33H63NO17. The van der Waals surface area contributed by atoms with E-state index in [1.165, 1.54) is 0 Å². The van der Waals surface area contributed by atoms with E-state index in [1.807, 2.05) is 0 Å². The van der Waals surface area contributed by atoms with E-state index in [0.29, 0.717) is 178 Å². The molecule has 0 aromatic rings. The Morgan fingerprint density at radius 1 is 0.392 bits per heavy atom. The fourth-order valence-electron chi connectivity index (χ4n) is 3.35. The van der Waals surface area contributed by atoms with Gasteiger partial charge in [-0.1, -0.05) is 6.08 Å². The van der Waals surface area contributed by atoms with Gasteiger partial charge >= 0.3 is 5.97 Å². The predicted molar refractivity (Wildman–Crippen MR) is 182 cm³/mol. The number of carbonyl (C=O) groups excluding carboxylic acids is 1. The Hall–Kier alpha value is -1.88. The van der Waals surface area contributed by atoms with Crippen molar-refractivity contribution in [3.05, 3.63) is 12.7 Å². The summed E-state index contributed by atoms with van der Waals surface area (Å²) in [6, 6.07) is 0. The molecule has 0 rings (SSSR count). The van der Waals surface area contributed by atoms with Crippen molar-refractivity contribution in [1.29, 1.82) is 0 Å². The van der Waals surface area contributed by atoms with Gasteiger partial charge in [-0.25, -0.2) is 4.79 Å². The zero-order valence-corrected chi connectivity index (χ0v) is 30.3. The number of rotatable bonds is 45. The Morgan fingerprint density at radius 2 is 0.647 bits per heavy atom. The van der Waals surface area contributed by atoms with Crippen molar-refractivity contribution < 1.29 is 81.0 Å². The van der Waals surface area contributed by atoms with Crippen LogP contribution in [0.25, 0.3) is 0 Å². The maximum Gasteiger partial charge on any atom is 0.329 e. The quantitative estimate of drug-likeness (QED) is 0.0603. The monoisotopic (exact) mass is 745 g/mol. The molecule has 0 aliphatic heterocycles. The second-order valence-electron chi connectivity index (χ2n) is 9.95. The van der Waals surface area contributed by atoms with Crippen molar-refractivity contribution in [2.75, 3.05) is 192 Å². The number of carbonyl (C=O) groups is 2. The van der Waals surface area contributed by atoms with E-state index in [0.717, 1.165) is 0 Å². The van der Waals surface area contributed by atoms with Crippen LogP contribution in [0.4, 0.5) is 0 Å². The van der Waals surface area contributed by atoms with Gasteiger partial charge in [0.05, 0.1) is 172 Å². The summed E-state index contributed by atoms with van der Waals surface area (Å²) in [5.41, 5.74) is 0. The molecule has 18 nitrogen and oxygen atoms in total. The number of aliphatic carboxylic acids is 1. The molecule has 0 saturated carbocycles. The molecule has 302 valence electrons. The third-order valence-electron chi connectivity index (χ3n) is 5.73. The van der Waals surface area contributed by atoms with Crippen molar-refractivity contribution in [2.45, 2.75) is 0 Å². The number of carboxylic acids is 1. The van der Waals surface area contributed by atoms with Gasteiger partial charge in [-0.3, -0.25) is 4.79 Å². The van der Waals surface area contributed by atoms with Crippen LogP contribution in [-0.2, 0) is 75.9 Å². The molecule has 1 amide bonds. The molecule has 0 spiro atoms. The molecule has 18 heteroatoms. The minimum absolute atomic E-state index is 0.298. The van der Waals surface area contributed by atoms with Crippen molar-refractivity contribution in [3.63, 3.8) is 0 Å². The summed E-state index contributed by atoms with van der Waals surface area (Å²) in [4.78, 5) is 21.7. The average Bonchev–Trinajstić information content (AvgIpc) is 3.12. The molecule has 0 aromatic heterocycles. The van der Waals surface area contributed by atoms with Gasteiger partial charge in [0.25, 0.3) is 0 Å². The van der Waals surface area contributed by atoms with Crippen LogP contribution in [-0.4, -0.2) is 209 Å². The summed E-state index contributed by atoms with van der Waals surface area (Å²) < 4.78 is 75.1. The summed E-state index contributed by atoms with van der Waals surface area (Å²) in [5.74, 6) is -1.52. The lowest BCUT2D eigenvalue weighted by Crippen LogP contribution is -2.31. The van der Waals surface area contributed by atoms with Crippen LogP contribution in [0.2, 0.25) is 0 Å². The van der Waals surface area contributed by atoms with Gasteiger partial charge in [0.15, 0.2) is 0 Å². The summed E-state index contributed by atoms with van der Waals surface area (Å²) >= 11 is 0. The average molecular weight is 746 g/mol. The maximum atomic E-state index is 11.4. The molecule has 0 saturated heterocycles. The number of ether oxygens (including phenoxy) is 14. The van der Waals surface area contributed by atoms with Crippen molar-refractivity contribution in [2.24, 2.45) is 0 Å². The summed E-state index contributed by atoms with van der Waals surface area (Å²) in [6.45, 7) is 15.5. The molecule has 2 N–H and O–H groups in total. The Bertz CT molecular complexity index is 737. The van der Waals surface area contributed by atoms with Gasteiger partial charge in [0.1, 0.15) is 13.2 Å². The van der Waals surface area contributed by atoms with Gasteiger partial charge in [-0.15, -0.1) is 6.58 Å². The van der Waals surface area contributed by atoms with E-state index < -0.39 is 18.5 Å². The van der Waals surface area contributed by atoms with Gasteiger partial charge in [-0.05, 0) is 0 Å². The summed E-state index contributed by atoms with van der Waals surface area (Å²) in [6.07, 6.45) is 1.70. The van der Waals surface area contributed by atoms with Gasteiger partial charge in [-0.2, -0.15) is 0 Å². The number of hydrogen-bond donors (Lipinski definition) is 2. The molecule has 0 bridgehead atoms. The molecule has 0 heterocycles. The first-order valence-corrected chi connectivity index (χ1v) is 17.3. The highest BCUT2D eigenvalue weighted by Crippen LogP contribution is 1.88. The van der Waals surface area contributed by atoms with Crippen LogP contribution in [0, 0.1) is 0 Å². The largest absolute Gasteiger partial charge is 0.480 e. The molecular weight excluding hydrogens is 682 g/mol. The smallest absolute Gasteiger partial charge is 0.329 e. The van der Waals surface area contributed by atoms with E-state index in [9.17, 15) is 9.59 Å². The van der Waals surface area contributed by atoms with Crippen LogP contribution in [0.1, 0.15) is 0 Å². The summed E-state index contributed by atoms with van der Waals surface area (Å²) in [5, 5.41) is 11.0. The highest BCUT2D eigenvalue weighted by atomic mass is 16.6. The van der Waals surface area contributed by atoms with Gasteiger partial charge in [0, 0.05) is 6.54 Å². The van der Waals surface area contributed by atoms with Crippen LogP contribution >= 0.6 is 0 Å². The number of hydrogen-bond acceptors (Lipinski definition) is 16. The second-order valence-corrected chi connectivity index (χ2v) is 9.95. The fraction of sp³-hybridized carbons (Fsp3) is 0.879. The zero-order valence-electron chi connectivity index (χ0n) is 30.3. The zero-order chi connectivity index (χ0) is 37.0. The number of nitrogens with one attached hydrogen (secondary N) is 1. The van der Waals surface area contributed by atoms with Crippen LogP contribution in [0.5, 0.6) is 0 Å². The van der Waals surface area contributed by atoms with E-state index in [2.05, 4.69) is 16.6 Å². The first kappa shape index (κ1) is 49.1. The lowest BCUT2D eigenvalue weighted by atomic mass is 10.6. The molecule has 0 radical (unpaired) electrons. The fourth-order valence-corrected chi connectivity index (χ4v) is 3.35. The topological polar surface area (TPSA) is 196 Å². The molecule has 0 fully saturated rings. The molecule has 0 unspecified atom stereocenters. The van der Waals surface area contributed by atoms with E-state index in [-0.39, 0.29) is 6.61 Å². The normalized spacial score (nSPS) is 11.3. The standard InChI is InChI=1S/C33H63NO17/c1-2-4-38-6-8-40-10-12-42-14-16-44-18-20-46-22-24-48-26-28-50-29-27-49-25-23-47-21-19-45-17-15-43-13-11-41-9-7-39-5-3-34-32(35)30-51-31-33(36)37/h2H,1,3-31H2,(H,34,35)(H,36,37). The molecule has 0 aliphatic rings.